The van der Waals surface area contributed by atoms with E-state index in [0.29, 0.717) is 6.54 Å². The number of hydrogen-bond acceptors (Lipinski definition) is 3. The fraction of sp³-hybridized carbons (Fsp3) is 0.182. The van der Waals surface area contributed by atoms with Crippen molar-refractivity contribution in [1.82, 2.24) is 9.78 Å². The van der Waals surface area contributed by atoms with E-state index in [2.05, 4.69) is 5.10 Å². The van der Waals surface area contributed by atoms with Crippen LogP contribution in [0.15, 0.2) is 30.5 Å². The molecule has 0 amide bonds. The van der Waals surface area contributed by atoms with Crippen molar-refractivity contribution in [2.24, 2.45) is 12.8 Å². The zero-order valence-corrected chi connectivity index (χ0v) is 8.51. The van der Waals surface area contributed by atoms with Gasteiger partial charge in [0.2, 0.25) is 0 Å². The maximum Gasteiger partial charge on any atom is 0.115 e. The van der Waals surface area contributed by atoms with Crippen LogP contribution in [-0.4, -0.2) is 14.9 Å². The van der Waals surface area contributed by atoms with Gasteiger partial charge in [-0.2, -0.15) is 5.10 Å². The van der Waals surface area contributed by atoms with Crippen LogP contribution in [0, 0.1) is 0 Å². The van der Waals surface area contributed by atoms with Gasteiger partial charge in [-0.1, -0.05) is 12.1 Å². The van der Waals surface area contributed by atoms with Gasteiger partial charge in [-0.05, 0) is 17.7 Å². The van der Waals surface area contributed by atoms with Crippen molar-refractivity contribution >= 4 is 0 Å². The first-order valence-electron chi connectivity index (χ1n) is 4.72. The highest BCUT2D eigenvalue weighted by molar-refractivity contribution is 5.65. The van der Waals surface area contributed by atoms with E-state index in [1.165, 1.54) is 0 Å². The molecule has 1 heterocycles. The van der Waals surface area contributed by atoms with E-state index in [4.69, 9.17) is 5.73 Å². The summed E-state index contributed by atoms with van der Waals surface area (Å²) in [6.45, 7) is 0.414. The van der Waals surface area contributed by atoms with Crippen LogP contribution >= 0.6 is 0 Å². The summed E-state index contributed by atoms with van der Waals surface area (Å²) in [5, 5.41) is 13.4. The maximum atomic E-state index is 9.19. The molecule has 78 valence electrons. The van der Waals surface area contributed by atoms with E-state index >= 15 is 0 Å². The van der Waals surface area contributed by atoms with Crippen LogP contribution < -0.4 is 5.73 Å². The molecule has 0 aliphatic heterocycles. The molecule has 0 fully saturated rings. The van der Waals surface area contributed by atoms with E-state index < -0.39 is 0 Å². The van der Waals surface area contributed by atoms with Gasteiger partial charge in [0.15, 0.2) is 0 Å². The summed E-state index contributed by atoms with van der Waals surface area (Å²) in [5.74, 6) is 0.261. The fourth-order valence-electron chi connectivity index (χ4n) is 1.57. The zero-order valence-electron chi connectivity index (χ0n) is 8.51. The quantitative estimate of drug-likeness (QED) is 0.772. The van der Waals surface area contributed by atoms with E-state index in [0.717, 1.165) is 16.8 Å². The minimum atomic E-state index is 0.261. The van der Waals surface area contributed by atoms with Crippen LogP contribution in [0.2, 0.25) is 0 Å². The molecular formula is C11H13N3O. The van der Waals surface area contributed by atoms with Crippen molar-refractivity contribution in [3.8, 4) is 16.9 Å². The Morgan fingerprint density at radius 3 is 2.60 bits per heavy atom. The van der Waals surface area contributed by atoms with Gasteiger partial charge < -0.3 is 10.8 Å². The van der Waals surface area contributed by atoms with Crippen LogP contribution in [0.25, 0.3) is 11.1 Å². The molecule has 0 aliphatic rings. The van der Waals surface area contributed by atoms with Gasteiger partial charge in [0, 0.05) is 25.4 Å². The van der Waals surface area contributed by atoms with Crippen LogP contribution in [-0.2, 0) is 13.6 Å². The average Bonchev–Trinajstić information content (AvgIpc) is 2.61. The van der Waals surface area contributed by atoms with Gasteiger partial charge in [-0.3, -0.25) is 4.68 Å². The molecule has 2 aromatic rings. The molecule has 15 heavy (non-hydrogen) atoms. The van der Waals surface area contributed by atoms with Gasteiger partial charge in [-0.15, -0.1) is 0 Å². The molecule has 4 nitrogen and oxygen atoms in total. The zero-order chi connectivity index (χ0) is 10.8. The third-order valence-corrected chi connectivity index (χ3v) is 2.28. The lowest BCUT2D eigenvalue weighted by molar-refractivity contribution is 0.475. The molecule has 0 spiro atoms. The van der Waals surface area contributed by atoms with E-state index in [1.807, 2.05) is 25.4 Å². The largest absolute Gasteiger partial charge is 0.508 e. The van der Waals surface area contributed by atoms with Gasteiger partial charge in [-0.25, -0.2) is 0 Å². The smallest absolute Gasteiger partial charge is 0.115 e. The first-order chi connectivity index (χ1) is 7.20. The first-order valence-corrected chi connectivity index (χ1v) is 4.72. The Bertz CT molecular complexity index is 459. The summed E-state index contributed by atoms with van der Waals surface area (Å²) in [4.78, 5) is 0. The van der Waals surface area contributed by atoms with Crippen LogP contribution in [0.4, 0.5) is 0 Å². The Hall–Kier alpha value is -1.81. The molecule has 4 heteroatoms. The Balaban J connectivity index is 2.48. The van der Waals surface area contributed by atoms with Gasteiger partial charge in [0.25, 0.3) is 0 Å². The molecule has 0 bridgehead atoms. The summed E-state index contributed by atoms with van der Waals surface area (Å²) >= 11 is 0. The molecule has 0 saturated carbocycles. The number of aromatic nitrogens is 2. The monoisotopic (exact) mass is 203 g/mol. The highest BCUT2D eigenvalue weighted by Gasteiger charge is 2.07. The number of benzene rings is 1. The third kappa shape index (κ3) is 1.85. The van der Waals surface area contributed by atoms with Crippen molar-refractivity contribution in [2.45, 2.75) is 6.54 Å². The van der Waals surface area contributed by atoms with E-state index in [1.54, 1.807) is 16.8 Å². The molecule has 0 atom stereocenters. The van der Waals surface area contributed by atoms with Gasteiger partial charge >= 0.3 is 0 Å². The molecule has 2 rings (SSSR count). The number of nitrogens with zero attached hydrogens (tertiary/aromatic N) is 2. The second-order valence-electron chi connectivity index (χ2n) is 3.41. The number of hydrogen-bond donors (Lipinski definition) is 2. The SMILES string of the molecule is Cn1cc(-c2ccc(O)cc2)c(CN)n1. The number of nitrogens with two attached hydrogens (primary N) is 1. The molecular weight excluding hydrogens is 190 g/mol. The highest BCUT2D eigenvalue weighted by Crippen LogP contribution is 2.24. The predicted octanol–water partition coefficient (Wildman–Crippen LogP) is 1.25. The van der Waals surface area contributed by atoms with Crippen molar-refractivity contribution in [2.75, 3.05) is 0 Å². The summed E-state index contributed by atoms with van der Waals surface area (Å²) < 4.78 is 1.74. The number of aryl methyl sites for hydroxylation is 1. The minimum absolute atomic E-state index is 0.261. The van der Waals surface area contributed by atoms with Crippen molar-refractivity contribution in [3.63, 3.8) is 0 Å². The summed E-state index contributed by atoms with van der Waals surface area (Å²) in [7, 11) is 1.86. The molecule has 0 saturated heterocycles. The summed E-state index contributed by atoms with van der Waals surface area (Å²) in [5.41, 5.74) is 8.50. The Labute approximate surface area is 88.0 Å². The first kappa shape index (κ1) is 9.73. The predicted molar refractivity (Wildman–Crippen MR) is 58.2 cm³/mol. The van der Waals surface area contributed by atoms with Crippen LogP contribution in [0.5, 0.6) is 5.75 Å². The molecule has 0 unspecified atom stereocenters. The normalized spacial score (nSPS) is 10.5. The third-order valence-electron chi connectivity index (χ3n) is 2.28. The van der Waals surface area contributed by atoms with E-state index in [9.17, 15) is 5.11 Å². The lowest BCUT2D eigenvalue weighted by Gasteiger charge is -2.00. The second-order valence-corrected chi connectivity index (χ2v) is 3.41. The standard InChI is InChI=1S/C11H13N3O/c1-14-7-10(11(6-12)13-14)8-2-4-9(15)5-3-8/h2-5,7,15H,6,12H2,1H3. The highest BCUT2D eigenvalue weighted by atomic mass is 16.3. The number of phenolic OH excluding ortho intramolecular Hbond substituents is 1. The lowest BCUT2D eigenvalue weighted by Crippen LogP contribution is -1.99. The average molecular weight is 203 g/mol. The van der Waals surface area contributed by atoms with Crippen molar-refractivity contribution < 1.29 is 5.11 Å². The Morgan fingerprint density at radius 2 is 2.00 bits per heavy atom. The fourth-order valence-corrected chi connectivity index (χ4v) is 1.57. The van der Waals surface area contributed by atoms with Crippen LogP contribution in [0.3, 0.4) is 0 Å². The van der Waals surface area contributed by atoms with Gasteiger partial charge in [0.05, 0.1) is 5.69 Å². The number of rotatable bonds is 2. The molecule has 1 aromatic heterocycles. The summed E-state index contributed by atoms with van der Waals surface area (Å²) in [6.07, 6.45) is 1.93. The molecule has 0 aliphatic carbocycles. The Morgan fingerprint density at radius 1 is 1.33 bits per heavy atom. The lowest BCUT2D eigenvalue weighted by atomic mass is 10.1. The number of phenols is 1. The van der Waals surface area contributed by atoms with E-state index in [-0.39, 0.29) is 5.75 Å². The molecule has 0 radical (unpaired) electrons. The molecule has 1 aromatic carbocycles. The summed E-state index contributed by atoms with van der Waals surface area (Å²) in [6, 6.07) is 7.02. The van der Waals surface area contributed by atoms with Crippen LogP contribution in [0.1, 0.15) is 5.69 Å². The van der Waals surface area contributed by atoms with Crippen molar-refractivity contribution in [3.05, 3.63) is 36.2 Å². The van der Waals surface area contributed by atoms with Gasteiger partial charge in [0.1, 0.15) is 5.75 Å². The van der Waals surface area contributed by atoms with Crippen molar-refractivity contribution in [1.29, 1.82) is 0 Å². The number of aromatic hydroxyl groups is 1. The second kappa shape index (κ2) is 3.74. The molecule has 3 N–H and O–H groups in total. The maximum absolute atomic E-state index is 9.19. The Kier molecular flexibility index (Phi) is 2.43. The minimum Gasteiger partial charge on any atom is -0.508 e. The topological polar surface area (TPSA) is 64.1 Å².